The van der Waals surface area contributed by atoms with Gasteiger partial charge in [-0.05, 0) is 225 Å². The van der Waals surface area contributed by atoms with Crippen LogP contribution in [0.2, 0.25) is 0 Å². The van der Waals surface area contributed by atoms with Gasteiger partial charge in [-0.15, -0.1) is 0 Å². The standard InChI is InChI=1S/C17H17NO.C16H21N.C13H18N2.C13H17N.C12H15NO2.C12H15NO.C12H14O2/c1-17(2,3)13-9-10-15-14(11-13)18-16(19-15)12-7-5-4-6-8-12;1-16(2,3)11-8-9-13-12-6-4-5-7-14(12)17-15(13)10-11;1-8-6-10-11(7-9(8)2)15-12(14-10)13(3,4)5;1-9-7-10-8-11(13(2,3)4)5-6-12(10)14-9;1-12(2,3)8-5-6-10-9(7-8)13(4)11(14)15-10;1-12(2,3)9-5-4-8-6-11(14)13-10(8)7-9;1-12(2,3)9-5-4-8-6-11(13)14-10(8)7-9/h4-11H,1-3H3;8-10,17H,4-7H2,1-3H3;6-7H,1-5H3,(H,14,15);5-8,14H,1-4H3;5-7H,1-4H3;4-5,7H,6H2,1-3H3,(H,13,14);4-5,7H,6H2,1-3H3. The number of fused-ring (bicyclic) bond motifs is 9. The van der Waals surface area contributed by atoms with Gasteiger partial charge in [0.2, 0.25) is 11.8 Å². The number of nitrogens with one attached hydrogen (secondary N) is 4. The second-order valence-corrected chi connectivity index (χ2v) is 36.8. The van der Waals surface area contributed by atoms with Crippen LogP contribution in [0.15, 0.2) is 171 Å². The molecule has 16 rings (SSSR count). The summed E-state index contributed by atoms with van der Waals surface area (Å²) in [6.45, 7) is 52.4. The molecule has 3 aliphatic rings. The molecule has 8 aromatic carbocycles. The zero-order valence-corrected chi connectivity index (χ0v) is 69.0. The fraction of sp³-hybridized carbons (Fsp3) is 0.400. The zero-order chi connectivity index (χ0) is 79.0. The van der Waals surface area contributed by atoms with Crippen LogP contribution in [0.1, 0.15) is 237 Å². The summed E-state index contributed by atoms with van der Waals surface area (Å²) < 4.78 is 17.5. The molecule has 1 amide bonds. The summed E-state index contributed by atoms with van der Waals surface area (Å²) in [4.78, 5) is 53.1. The Kier molecular flexibility index (Phi) is 23.3. The number of anilines is 1. The Labute approximate surface area is 640 Å². The normalized spacial score (nSPS) is 13.6. The third-order valence-electron chi connectivity index (χ3n) is 20.4. The van der Waals surface area contributed by atoms with Gasteiger partial charge in [0.05, 0.1) is 29.4 Å². The molecule has 0 fully saturated rings. The van der Waals surface area contributed by atoms with Gasteiger partial charge in [-0.25, -0.2) is 14.8 Å². The first-order valence-electron chi connectivity index (χ1n) is 38.3. The molecule has 0 radical (unpaired) electrons. The van der Waals surface area contributed by atoms with E-state index in [9.17, 15) is 14.4 Å². The molecule has 568 valence electrons. The van der Waals surface area contributed by atoms with Gasteiger partial charge in [0, 0.05) is 57.1 Å². The molecule has 13 aromatic rings. The largest absolute Gasteiger partial charge is 0.436 e. The smallest absolute Gasteiger partial charge is 0.419 e. The molecule has 5 aromatic heterocycles. The summed E-state index contributed by atoms with van der Waals surface area (Å²) in [5.41, 5.74) is 27.8. The molecule has 0 bridgehead atoms. The van der Waals surface area contributed by atoms with Crippen LogP contribution in [0.5, 0.6) is 5.75 Å². The van der Waals surface area contributed by atoms with Crippen LogP contribution in [0, 0.1) is 20.8 Å². The van der Waals surface area contributed by atoms with Gasteiger partial charge in [-0.2, -0.15) is 0 Å². The fourth-order valence-electron chi connectivity index (χ4n) is 13.2. The highest BCUT2D eigenvalue weighted by atomic mass is 16.5. The first-order chi connectivity index (χ1) is 50.3. The summed E-state index contributed by atoms with van der Waals surface area (Å²) in [6, 6.07) is 54.5. The van der Waals surface area contributed by atoms with Crippen LogP contribution in [0.25, 0.3) is 66.5 Å². The van der Waals surface area contributed by atoms with Crippen molar-refractivity contribution in [3.05, 3.63) is 247 Å². The number of benzene rings is 8. The number of imidazole rings is 1. The fourth-order valence-corrected chi connectivity index (χ4v) is 13.2. The number of aromatic amines is 3. The number of oxazole rings is 2. The highest BCUT2D eigenvalue weighted by Crippen LogP contribution is 2.37. The van der Waals surface area contributed by atoms with Crippen molar-refractivity contribution in [2.45, 2.75) is 243 Å². The molecule has 0 unspecified atom stereocenters. The number of aryl methyl sites for hydroxylation is 6. The average Bonchev–Trinajstić information content (AvgIpc) is 1.64. The molecule has 0 saturated carbocycles. The molecule has 108 heavy (non-hydrogen) atoms. The summed E-state index contributed by atoms with van der Waals surface area (Å²) in [7, 11) is 1.72. The first kappa shape index (κ1) is 80.5. The van der Waals surface area contributed by atoms with Crippen molar-refractivity contribution in [2.75, 3.05) is 5.32 Å². The van der Waals surface area contributed by atoms with E-state index in [1.54, 1.807) is 12.6 Å². The van der Waals surface area contributed by atoms with E-state index in [1.165, 1.54) is 108 Å². The van der Waals surface area contributed by atoms with Crippen molar-refractivity contribution in [1.82, 2.24) is 29.5 Å². The van der Waals surface area contributed by atoms with E-state index in [2.05, 4.69) is 281 Å². The summed E-state index contributed by atoms with van der Waals surface area (Å²) >= 11 is 0. The van der Waals surface area contributed by atoms with Crippen LogP contribution >= 0.6 is 0 Å². The third-order valence-corrected chi connectivity index (χ3v) is 20.4. The Hall–Kier alpha value is -10.0. The predicted octanol–water partition coefficient (Wildman–Crippen LogP) is 23.7. The van der Waals surface area contributed by atoms with E-state index < -0.39 is 0 Å². The topological polar surface area (TPSA) is 177 Å². The number of hydrogen-bond donors (Lipinski definition) is 4. The molecular weight excluding hydrogens is 1340 g/mol. The van der Waals surface area contributed by atoms with Crippen molar-refractivity contribution in [3.63, 3.8) is 0 Å². The Morgan fingerprint density at radius 1 is 0.435 bits per heavy atom. The SMILES string of the molecule is CC(C)(C)c1ccc2c(c1)NC(=O)C2.CC(C)(C)c1ccc2c(c1)OC(=O)C2.CC(C)(C)c1ccc2c3c([nH]c2c1)CCCC3.CC(C)(C)c1ccc2oc(-c3ccccc3)nc2c1.Cc1cc2cc(C(C)(C)C)ccc2[nH]1.Cc1cc2nc(C(C)(C)C)[nH]c2cc1C.Cn1c(=O)oc2ccc(C(C)(C)C)cc21. The maximum atomic E-state index is 11.3. The molecule has 1 aliphatic carbocycles. The molecular formula is C95H117N7O6. The second-order valence-electron chi connectivity index (χ2n) is 36.8. The maximum absolute atomic E-state index is 11.3. The number of rotatable bonds is 1. The number of H-pyrrole nitrogens is 3. The van der Waals surface area contributed by atoms with E-state index in [0.29, 0.717) is 24.3 Å². The lowest BCUT2D eigenvalue weighted by Crippen LogP contribution is -2.12. The Balaban J connectivity index is 0.000000135. The van der Waals surface area contributed by atoms with Gasteiger partial charge < -0.3 is 33.8 Å². The minimum absolute atomic E-state index is 0.0842. The molecule has 0 spiro atoms. The number of esters is 1. The van der Waals surface area contributed by atoms with E-state index in [0.717, 1.165) is 61.6 Å². The van der Waals surface area contributed by atoms with Gasteiger partial charge in [-0.3, -0.25) is 14.2 Å². The Bertz CT molecular complexity index is 5320. The lowest BCUT2D eigenvalue weighted by atomic mass is 9.86. The van der Waals surface area contributed by atoms with Crippen molar-refractivity contribution in [2.24, 2.45) is 7.05 Å². The average molecular weight is 1450 g/mol. The summed E-state index contributed by atoms with van der Waals surface area (Å²) in [5, 5.41) is 5.64. The maximum Gasteiger partial charge on any atom is 0.419 e. The van der Waals surface area contributed by atoms with Gasteiger partial charge in [0.1, 0.15) is 17.1 Å². The van der Waals surface area contributed by atoms with Crippen molar-refractivity contribution in [1.29, 1.82) is 0 Å². The van der Waals surface area contributed by atoms with Crippen molar-refractivity contribution in [3.8, 4) is 17.2 Å². The van der Waals surface area contributed by atoms with E-state index in [4.69, 9.17) is 13.6 Å². The predicted molar refractivity (Wildman–Crippen MR) is 450 cm³/mol. The Morgan fingerprint density at radius 3 is 1.62 bits per heavy atom. The molecule has 0 saturated heterocycles. The summed E-state index contributed by atoms with van der Waals surface area (Å²) in [6.07, 6.45) is 6.12. The quantitative estimate of drug-likeness (QED) is 0.0927. The summed E-state index contributed by atoms with van der Waals surface area (Å²) in [5.74, 6) is 2.12. The van der Waals surface area contributed by atoms with Gasteiger partial charge >= 0.3 is 11.7 Å². The van der Waals surface area contributed by atoms with Crippen LogP contribution < -0.4 is 15.8 Å². The minimum atomic E-state index is -0.309. The zero-order valence-electron chi connectivity index (χ0n) is 69.0. The van der Waals surface area contributed by atoms with Crippen molar-refractivity contribution < 1.29 is 23.2 Å². The minimum Gasteiger partial charge on any atom is -0.436 e. The third kappa shape index (κ3) is 19.8. The van der Waals surface area contributed by atoms with E-state index in [-0.39, 0.29) is 55.5 Å². The molecule has 13 nitrogen and oxygen atoms in total. The monoisotopic (exact) mass is 1450 g/mol. The number of aromatic nitrogens is 6. The van der Waals surface area contributed by atoms with Gasteiger partial charge in [0.15, 0.2) is 11.2 Å². The number of carbonyl (C=O) groups excluding carboxylic acids is 2. The van der Waals surface area contributed by atoms with Crippen LogP contribution in [-0.2, 0) is 80.2 Å². The highest BCUT2D eigenvalue weighted by molar-refractivity contribution is 5.99. The first-order valence-corrected chi connectivity index (χ1v) is 38.3. The van der Waals surface area contributed by atoms with E-state index in [1.807, 2.05) is 72.8 Å². The Morgan fingerprint density at radius 2 is 0.981 bits per heavy atom. The van der Waals surface area contributed by atoms with Gasteiger partial charge in [0.25, 0.3) is 0 Å². The molecule has 7 heterocycles. The van der Waals surface area contributed by atoms with Gasteiger partial charge in [-0.1, -0.05) is 218 Å². The number of amides is 1. The molecule has 4 N–H and O–H groups in total. The molecule has 0 atom stereocenters. The lowest BCUT2D eigenvalue weighted by molar-refractivity contribution is -0.131. The second kappa shape index (κ2) is 31.3. The number of nitrogens with zero attached hydrogens (tertiary/aromatic N) is 3. The van der Waals surface area contributed by atoms with Crippen LogP contribution in [-0.4, -0.2) is 41.4 Å². The van der Waals surface area contributed by atoms with Crippen molar-refractivity contribution >= 4 is 72.6 Å². The number of ether oxygens (including phenoxy) is 1. The van der Waals surface area contributed by atoms with Crippen LogP contribution in [0.4, 0.5) is 5.69 Å². The molecule has 13 heteroatoms. The number of hydrogen-bond acceptors (Lipinski definition) is 8. The molecule has 2 aliphatic heterocycles. The number of carbonyl (C=O) groups is 2. The van der Waals surface area contributed by atoms with Crippen LogP contribution in [0.3, 0.4) is 0 Å². The lowest BCUT2D eigenvalue weighted by Gasteiger charge is -2.19. The van der Waals surface area contributed by atoms with E-state index >= 15 is 0 Å². The highest BCUT2D eigenvalue weighted by Gasteiger charge is 2.26.